The number of hydrogen-bond acceptors (Lipinski definition) is 3. The third-order valence-corrected chi connectivity index (χ3v) is 5.20. The van der Waals surface area contributed by atoms with E-state index in [1.807, 2.05) is 31.2 Å². The highest BCUT2D eigenvalue weighted by Crippen LogP contribution is 2.38. The first-order chi connectivity index (χ1) is 12.0. The third-order valence-electron chi connectivity index (χ3n) is 5.20. The smallest absolute Gasteiger partial charge is 0.184 e. The number of unbranched alkanes of at least 4 members (excludes halogenated alkanes) is 4. The van der Waals surface area contributed by atoms with Crippen molar-refractivity contribution in [3.8, 4) is 0 Å². The molecule has 0 amide bonds. The van der Waals surface area contributed by atoms with Crippen LogP contribution >= 0.6 is 0 Å². The summed E-state index contributed by atoms with van der Waals surface area (Å²) in [5, 5.41) is 20.3. The lowest BCUT2D eigenvalue weighted by molar-refractivity contribution is -0.125. The summed E-state index contributed by atoms with van der Waals surface area (Å²) in [7, 11) is 0. The molecule has 3 heteroatoms. The van der Waals surface area contributed by atoms with Gasteiger partial charge in [-0.2, -0.15) is 0 Å². The Bertz CT molecular complexity index is 568. The van der Waals surface area contributed by atoms with Gasteiger partial charge in [-0.15, -0.1) is 0 Å². The predicted molar refractivity (Wildman–Crippen MR) is 102 cm³/mol. The predicted octanol–water partition coefficient (Wildman–Crippen LogP) is 4.27. The summed E-state index contributed by atoms with van der Waals surface area (Å²) in [5.41, 5.74) is 2.01. The van der Waals surface area contributed by atoms with Crippen molar-refractivity contribution >= 4 is 5.78 Å². The molecule has 2 aliphatic rings. The van der Waals surface area contributed by atoms with Gasteiger partial charge in [0.05, 0.1) is 6.10 Å². The van der Waals surface area contributed by atoms with Crippen molar-refractivity contribution in [2.24, 2.45) is 11.8 Å². The first-order valence-electron chi connectivity index (χ1n) is 9.67. The van der Waals surface area contributed by atoms with E-state index in [9.17, 15) is 15.0 Å². The van der Waals surface area contributed by atoms with Gasteiger partial charge in [0.25, 0.3) is 0 Å². The SMILES string of the molecule is CCCCCCC[C@H](O)/C=C/C(C)=C\[C@H]1[C@@H]2CC=CC2=CC(=O)[C@@H]1O. The first-order valence-corrected chi connectivity index (χ1v) is 9.67. The van der Waals surface area contributed by atoms with Crippen molar-refractivity contribution in [3.63, 3.8) is 0 Å². The third kappa shape index (κ3) is 5.79. The van der Waals surface area contributed by atoms with Crippen molar-refractivity contribution in [2.45, 2.75) is 71.0 Å². The highest BCUT2D eigenvalue weighted by Gasteiger charge is 2.37. The second-order valence-corrected chi connectivity index (χ2v) is 7.35. The summed E-state index contributed by atoms with van der Waals surface area (Å²) in [4.78, 5) is 11.9. The van der Waals surface area contributed by atoms with E-state index in [0.29, 0.717) is 0 Å². The number of carbonyl (C=O) groups is 1. The van der Waals surface area contributed by atoms with Crippen LogP contribution in [0.3, 0.4) is 0 Å². The minimum absolute atomic E-state index is 0.182. The van der Waals surface area contributed by atoms with E-state index in [4.69, 9.17) is 0 Å². The summed E-state index contributed by atoms with van der Waals surface area (Å²) in [5.74, 6) is -0.194. The molecule has 2 aliphatic carbocycles. The van der Waals surface area contributed by atoms with Gasteiger partial charge >= 0.3 is 0 Å². The van der Waals surface area contributed by atoms with Crippen molar-refractivity contribution in [1.82, 2.24) is 0 Å². The topological polar surface area (TPSA) is 57.5 Å². The number of aliphatic hydroxyl groups is 2. The summed E-state index contributed by atoms with van der Waals surface area (Å²) in [6.45, 7) is 4.16. The fraction of sp³-hybridized carbons (Fsp3) is 0.591. The van der Waals surface area contributed by atoms with Gasteiger partial charge in [-0.25, -0.2) is 0 Å². The molecule has 138 valence electrons. The molecule has 0 fully saturated rings. The summed E-state index contributed by atoms with van der Waals surface area (Å²) in [6, 6.07) is 0. The van der Waals surface area contributed by atoms with Crippen LogP contribution in [0.15, 0.2) is 47.6 Å². The van der Waals surface area contributed by atoms with Gasteiger partial charge in [-0.05, 0) is 37.3 Å². The normalized spacial score (nSPS) is 27.7. The fourth-order valence-electron chi connectivity index (χ4n) is 3.69. The molecule has 0 radical (unpaired) electrons. The molecule has 3 nitrogen and oxygen atoms in total. The van der Waals surface area contributed by atoms with Crippen LogP contribution in [0.4, 0.5) is 0 Å². The van der Waals surface area contributed by atoms with Crippen molar-refractivity contribution in [2.75, 3.05) is 0 Å². The largest absolute Gasteiger partial charge is 0.389 e. The highest BCUT2D eigenvalue weighted by molar-refractivity contribution is 5.96. The molecule has 0 heterocycles. The van der Waals surface area contributed by atoms with Crippen LogP contribution in [0.2, 0.25) is 0 Å². The Morgan fingerprint density at radius 2 is 2.08 bits per heavy atom. The molecule has 0 aromatic rings. The maximum Gasteiger partial charge on any atom is 0.184 e. The fourth-order valence-corrected chi connectivity index (χ4v) is 3.69. The molecule has 0 spiro atoms. The zero-order valence-corrected chi connectivity index (χ0v) is 15.5. The Morgan fingerprint density at radius 1 is 1.32 bits per heavy atom. The number of rotatable bonds is 9. The number of carbonyl (C=O) groups excluding carboxylic acids is 1. The molecule has 2 rings (SSSR count). The number of ketones is 1. The zero-order chi connectivity index (χ0) is 18.2. The molecule has 0 saturated carbocycles. The van der Waals surface area contributed by atoms with Gasteiger partial charge in [0.15, 0.2) is 5.78 Å². The van der Waals surface area contributed by atoms with Crippen molar-refractivity contribution < 1.29 is 15.0 Å². The van der Waals surface area contributed by atoms with E-state index in [1.54, 1.807) is 6.08 Å². The van der Waals surface area contributed by atoms with Crippen LogP contribution in [0.25, 0.3) is 0 Å². The van der Waals surface area contributed by atoms with Gasteiger partial charge < -0.3 is 10.2 Å². The zero-order valence-electron chi connectivity index (χ0n) is 15.5. The molecule has 0 aromatic carbocycles. The number of allylic oxidation sites excluding steroid dienone is 5. The number of aliphatic hydroxyl groups excluding tert-OH is 2. The van der Waals surface area contributed by atoms with Gasteiger partial charge in [-0.1, -0.05) is 75.0 Å². The molecule has 2 N–H and O–H groups in total. The van der Waals surface area contributed by atoms with Crippen molar-refractivity contribution in [1.29, 1.82) is 0 Å². The van der Waals surface area contributed by atoms with Crippen molar-refractivity contribution in [3.05, 3.63) is 47.6 Å². The van der Waals surface area contributed by atoms with Crippen LogP contribution in [-0.2, 0) is 4.79 Å². The van der Waals surface area contributed by atoms with Gasteiger partial charge in [0.1, 0.15) is 6.10 Å². The molecule has 0 bridgehead atoms. The lowest BCUT2D eigenvalue weighted by Gasteiger charge is -2.30. The monoisotopic (exact) mass is 344 g/mol. The second-order valence-electron chi connectivity index (χ2n) is 7.35. The average molecular weight is 344 g/mol. The summed E-state index contributed by atoms with van der Waals surface area (Å²) in [6.07, 6.45) is 17.6. The molecule has 0 aromatic heterocycles. The summed E-state index contributed by atoms with van der Waals surface area (Å²) < 4.78 is 0. The lowest BCUT2D eigenvalue weighted by atomic mass is 9.76. The highest BCUT2D eigenvalue weighted by atomic mass is 16.3. The molecule has 0 aliphatic heterocycles. The van der Waals surface area contributed by atoms with Crippen LogP contribution in [-0.4, -0.2) is 28.2 Å². The van der Waals surface area contributed by atoms with Gasteiger partial charge in [0.2, 0.25) is 0 Å². The van der Waals surface area contributed by atoms with Crippen LogP contribution in [0.5, 0.6) is 0 Å². The Balaban J connectivity index is 1.87. The Morgan fingerprint density at radius 3 is 2.84 bits per heavy atom. The quantitative estimate of drug-likeness (QED) is 0.485. The van der Waals surface area contributed by atoms with E-state index in [2.05, 4.69) is 13.0 Å². The molecule has 4 atom stereocenters. The molecular weight excluding hydrogens is 312 g/mol. The maximum atomic E-state index is 11.9. The van der Waals surface area contributed by atoms with E-state index in [0.717, 1.165) is 30.4 Å². The van der Waals surface area contributed by atoms with Crippen LogP contribution < -0.4 is 0 Å². The Kier molecular flexibility index (Phi) is 7.86. The van der Waals surface area contributed by atoms with Crippen LogP contribution in [0.1, 0.15) is 58.8 Å². The molecular formula is C22H32O3. The number of hydrogen-bond donors (Lipinski definition) is 2. The minimum Gasteiger partial charge on any atom is -0.389 e. The minimum atomic E-state index is -0.958. The first kappa shape index (κ1) is 19.9. The number of fused-ring (bicyclic) bond motifs is 1. The second kappa shape index (κ2) is 9.88. The van der Waals surface area contributed by atoms with E-state index >= 15 is 0 Å². The van der Waals surface area contributed by atoms with Gasteiger partial charge in [0, 0.05) is 5.92 Å². The standard InChI is InChI=1S/C22H32O3/c1-3-4-5-6-7-10-18(23)13-12-16(2)14-20-19-11-8-9-17(19)15-21(24)22(20)25/h8-9,12-15,18-20,22-23,25H,3-7,10-11H2,1-2H3/b13-12+,16-14-/t18-,19+,20-,22+/m0/s1. The lowest BCUT2D eigenvalue weighted by Crippen LogP contribution is -2.36. The Hall–Kier alpha value is -1.45. The maximum absolute atomic E-state index is 11.9. The summed E-state index contributed by atoms with van der Waals surface area (Å²) >= 11 is 0. The van der Waals surface area contributed by atoms with E-state index < -0.39 is 12.2 Å². The molecule has 0 saturated heterocycles. The molecule has 25 heavy (non-hydrogen) atoms. The van der Waals surface area contributed by atoms with E-state index in [1.165, 1.54) is 25.7 Å². The molecule has 0 unspecified atom stereocenters. The van der Waals surface area contributed by atoms with E-state index in [-0.39, 0.29) is 17.6 Å². The van der Waals surface area contributed by atoms with Crippen LogP contribution in [0, 0.1) is 11.8 Å². The average Bonchev–Trinajstić information content (AvgIpc) is 3.04. The van der Waals surface area contributed by atoms with Gasteiger partial charge in [-0.3, -0.25) is 4.79 Å². The Labute approximate surface area is 151 Å².